The Kier molecular flexibility index (Phi) is 3.02. The third-order valence-corrected chi connectivity index (χ3v) is 3.47. The Bertz CT molecular complexity index is 670. The first-order valence-electron chi connectivity index (χ1n) is 6.43. The minimum absolute atomic E-state index is 0.0570. The van der Waals surface area contributed by atoms with Gasteiger partial charge in [0.2, 0.25) is 5.91 Å². The van der Waals surface area contributed by atoms with Gasteiger partial charge in [0.05, 0.1) is 11.8 Å². The number of pyridine rings is 1. The molecule has 1 aromatic carbocycles. The van der Waals surface area contributed by atoms with E-state index in [1.54, 1.807) is 12.3 Å². The standard InChI is InChI=1S/C15H15N3O2/c16-11-3-1-9-2-4-14(13(9)6-11)20-12-5-10(15(17)19)7-18-8-12/h1,3,5-8,14H,2,4,16H2,(H2,17,19)/t14-/m0/s1. The highest BCUT2D eigenvalue weighted by Crippen LogP contribution is 2.35. The maximum atomic E-state index is 11.1. The van der Waals surface area contributed by atoms with Gasteiger partial charge in [0, 0.05) is 11.9 Å². The Morgan fingerprint density at radius 3 is 2.95 bits per heavy atom. The van der Waals surface area contributed by atoms with Gasteiger partial charge in [-0.1, -0.05) is 6.07 Å². The number of ether oxygens (including phenoxy) is 1. The molecule has 4 N–H and O–H groups in total. The van der Waals surface area contributed by atoms with Crippen LogP contribution in [0.2, 0.25) is 0 Å². The molecule has 5 heteroatoms. The molecule has 1 aromatic heterocycles. The largest absolute Gasteiger partial charge is 0.484 e. The number of nitrogen functional groups attached to an aromatic ring is 1. The predicted octanol–water partition coefficient (Wildman–Crippen LogP) is 1.83. The van der Waals surface area contributed by atoms with Gasteiger partial charge >= 0.3 is 0 Å². The van der Waals surface area contributed by atoms with Crippen molar-refractivity contribution in [2.24, 2.45) is 5.73 Å². The fraction of sp³-hybridized carbons (Fsp3) is 0.200. The lowest BCUT2D eigenvalue weighted by molar-refractivity contribution is 0.0999. The van der Waals surface area contributed by atoms with Crippen LogP contribution in [0.15, 0.2) is 36.7 Å². The Morgan fingerprint density at radius 1 is 1.30 bits per heavy atom. The lowest BCUT2D eigenvalue weighted by atomic mass is 10.1. The first-order valence-corrected chi connectivity index (χ1v) is 6.43. The summed E-state index contributed by atoms with van der Waals surface area (Å²) < 4.78 is 5.92. The van der Waals surface area contributed by atoms with E-state index in [1.165, 1.54) is 11.8 Å². The molecule has 0 aliphatic heterocycles. The summed E-state index contributed by atoms with van der Waals surface area (Å²) in [4.78, 5) is 15.1. The molecule has 0 spiro atoms. The van der Waals surface area contributed by atoms with E-state index in [9.17, 15) is 4.79 Å². The van der Waals surface area contributed by atoms with Gasteiger partial charge in [0.15, 0.2) is 0 Å². The van der Waals surface area contributed by atoms with Crippen LogP contribution in [0.5, 0.6) is 5.75 Å². The topological polar surface area (TPSA) is 91.2 Å². The number of hydrogen-bond acceptors (Lipinski definition) is 4. The van der Waals surface area contributed by atoms with Crippen molar-refractivity contribution in [2.75, 3.05) is 5.73 Å². The summed E-state index contributed by atoms with van der Waals surface area (Å²) in [6.07, 6.45) is 4.80. The quantitative estimate of drug-likeness (QED) is 0.831. The molecule has 0 unspecified atom stereocenters. The third kappa shape index (κ3) is 2.30. The molecule has 3 rings (SSSR count). The first kappa shape index (κ1) is 12.5. The molecule has 1 aliphatic rings. The maximum absolute atomic E-state index is 11.1. The third-order valence-electron chi connectivity index (χ3n) is 3.47. The molecule has 5 nitrogen and oxygen atoms in total. The van der Waals surface area contributed by atoms with Crippen molar-refractivity contribution in [1.82, 2.24) is 4.98 Å². The predicted molar refractivity (Wildman–Crippen MR) is 75.3 cm³/mol. The molecule has 102 valence electrons. The van der Waals surface area contributed by atoms with Gasteiger partial charge in [0.1, 0.15) is 11.9 Å². The molecular formula is C15H15N3O2. The zero-order chi connectivity index (χ0) is 14.1. The highest BCUT2D eigenvalue weighted by atomic mass is 16.5. The van der Waals surface area contributed by atoms with Gasteiger partial charge in [0.25, 0.3) is 0 Å². The molecule has 1 aliphatic carbocycles. The highest BCUT2D eigenvalue weighted by molar-refractivity contribution is 5.92. The number of amides is 1. The van der Waals surface area contributed by atoms with E-state index in [4.69, 9.17) is 16.2 Å². The van der Waals surface area contributed by atoms with E-state index in [-0.39, 0.29) is 6.10 Å². The summed E-state index contributed by atoms with van der Waals surface area (Å²) in [5, 5.41) is 0. The highest BCUT2D eigenvalue weighted by Gasteiger charge is 2.24. The summed E-state index contributed by atoms with van der Waals surface area (Å²) in [5.74, 6) is 0.0283. The van der Waals surface area contributed by atoms with Gasteiger partial charge in [-0.25, -0.2) is 0 Å². The number of fused-ring (bicyclic) bond motifs is 1. The van der Waals surface area contributed by atoms with E-state index in [0.717, 1.165) is 24.1 Å². The lowest BCUT2D eigenvalue weighted by Crippen LogP contribution is -2.12. The van der Waals surface area contributed by atoms with Crippen molar-refractivity contribution in [3.63, 3.8) is 0 Å². The minimum atomic E-state index is -0.515. The van der Waals surface area contributed by atoms with E-state index in [0.29, 0.717) is 11.3 Å². The van der Waals surface area contributed by atoms with Crippen LogP contribution in [0.25, 0.3) is 0 Å². The molecule has 1 atom stereocenters. The minimum Gasteiger partial charge on any atom is -0.484 e. The van der Waals surface area contributed by atoms with E-state index >= 15 is 0 Å². The number of rotatable bonds is 3. The summed E-state index contributed by atoms with van der Waals surface area (Å²) >= 11 is 0. The monoisotopic (exact) mass is 269 g/mol. The molecule has 0 saturated carbocycles. The van der Waals surface area contributed by atoms with Gasteiger partial charge in [-0.05, 0) is 42.2 Å². The van der Waals surface area contributed by atoms with Crippen LogP contribution in [-0.2, 0) is 6.42 Å². The van der Waals surface area contributed by atoms with Crippen molar-refractivity contribution in [2.45, 2.75) is 18.9 Å². The maximum Gasteiger partial charge on any atom is 0.250 e. The van der Waals surface area contributed by atoms with E-state index in [2.05, 4.69) is 4.98 Å². The fourth-order valence-corrected chi connectivity index (χ4v) is 2.49. The zero-order valence-corrected chi connectivity index (χ0v) is 10.9. The van der Waals surface area contributed by atoms with E-state index in [1.807, 2.05) is 18.2 Å². The van der Waals surface area contributed by atoms with Crippen molar-refractivity contribution < 1.29 is 9.53 Å². The number of nitrogens with zero attached hydrogens (tertiary/aromatic N) is 1. The molecule has 0 radical (unpaired) electrons. The summed E-state index contributed by atoms with van der Waals surface area (Å²) in [6.45, 7) is 0. The molecule has 1 amide bonds. The molecule has 0 bridgehead atoms. The second-order valence-electron chi connectivity index (χ2n) is 4.88. The van der Waals surface area contributed by atoms with Crippen LogP contribution in [0.1, 0.15) is 34.0 Å². The summed E-state index contributed by atoms with van der Waals surface area (Å²) in [5.41, 5.74) is 14.5. The van der Waals surface area contributed by atoms with Crippen LogP contribution < -0.4 is 16.2 Å². The molecule has 0 fully saturated rings. The molecule has 1 heterocycles. The second-order valence-corrected chi connectivity index (χ2v) is 4.88. The smallest absolute Gasteiger partial charge is 0.250 e. The fourth-order valence-electron chi connectivity index (χ4n) is 2.49. The van der Waals surface area contributed by atoms with E-state index < -0.39 is 5.91 Å². The average Bonchev–Trinajstić information content (AvgIpc) is 2.82. The van der Waals surface area contributed by atoms with Crippen molar-refractivity contribution in [1.29, 1.82) is 0 Å². The number of aromatic nitrogens is 1. The lowest BCUT2D eigenvalue weighted by Gasteiger charge is -2.15. The van der Waals surface area contributed by atoms with Crippen molar-refractivity contribution in [3.8, 4) is 5.75 Å². The zero-order valence-electron chi connectivity index (χ0n) is 10.9. The number of benzene rings is 1. The average molecular weight is 269 g/mol. The first-order chi connectivity index (χ1) is 9.63. The van der Waals surface area contributed by atoms with Gasteiger partial charge in [-0.2, -0.15) is 0 Å². The van der Waals surface area contributed by atoms with Crippen molar-refractivity contribution in [3.05, 3.63) is 53.3 Å². The Balaban J connectivity index is 1.85. The molecule has 0 saturated heterocycles. The number of nitrogens with two attached hydrogens (primary N) is 2. The van der Waals surface area contributed by atoms with Gasteiger partial charge in [-0.3, -0.25) is 9.78 Å². The Hall–Kier alpha value is -2.56. The van der Waals surface area contributed by atoms with Crippen LogP contribution in [0.4, 0.5) is 5.69 Å². The number of hydrogen-bond donors (Lipinski definition) is 2. The van der Waals surface area contributed by atoms with Crippen LogP contribution in [0, 0.1) is 0 Å². The summed E-state index contributed by atoms with van der Waals surface area (Å²) in [6, 6.07) is 7.49. The van der Waals surface area contributed by atoms with Gasteiger partial charge < -0.3 is 16.2 Å². The molecule has 20 heavy (non-hydrogen) atoms. The number of carbonyl (C=O) groups excluding carboxylic acids is 1. The van der Waals surface area contributed by atoms with Crippen LogP contribution in [0.3, 0.4) is 0 Å². The SMILES string of the molecule is NC(=O)c1cncc(O[C@H]2CCc3ccc(N)cc32)c1. The normalized spacial score (nSPS) is 16.7. The number of primary amides is 1. The van der Waals surface area contributed by atoms with Crippen LogP contribution >= 0.6 is 0 Å². The number of anilines is 1. The summed E-state index contributed by atoms with van der Waals surface area (Å²) in [7, 11) is 0. The second kappa shape index (κ2) is 4.85. The number of carbonyl (C=O) groups is 1. The number of aryl methyl sites for hydroxylation is 1. The van der Waals surface area contributed by atoms with Crippen LogP contribution in [-0.4, -0.2) is 10.9 Å². The molecular weight excluding hydrogens is 254 g/mol. The Labute approximate surface area is 116 Å². The van der Waals surface area contributed by atoms with Gasteiger partial charge in [-0.15, -0.1) is 0 Å². The van der Waals surface area contributed by atoms with Crippen molar-refractivity contribution >= 4 is 11.6 Å². The Morgan fingerprint density at radius 2 is 2.15 bits per heavy atom. The molecule has 2 aromatic rings.